The van der Waals surface area contributed by atoms with Gasteiger partial charge in [0.25, 0.3) is 0 Å². The maximum atomic E-state index is 14.1. The number of hydrogen-bond acceptors (Lipinski definition) is 2. The highest BCUT2D eigenvalue weighted by molar-refractivity contribution is 5.88. The van der Waals surface area contributed by atoms with Crippen LogP contribution in [-0.2, 0) is 22.6 Å². The van der Waals surface area contributed by atoms with Gasteiger partial charge >= 0.3 is 0 Å². The van der Waals surface area contributed by atoms with Crippen LogP contribution >= 0.6 is 0 Å². The summed E-state index contributed by atoms with van der Waals surface area (Å²) >= 11 is 0. The summed E-state index contributed by atoms with van der Waals surface area (Å²) in [6.07, 6.45) is 0.755. The number of nitrogens with one attached hydrogen (secondary N) is 1. The van der Waals surface area contributed by atoms with Gasteiger partial charge in [-0.2, -0.15) is 0 Å². The molecule has 0 fully saturated rings. The van der Waals surface area contributed by atoms with Crippen molar-refractivity contribution >= 4 is 11.8 Å². The zero-order valence-electron chi connectivity index (χ0n) is 16.4. The molecular weight excluding hydrogens is 362 g/mol. The zero-order valence-corrected chi connectivity index (χ0v) is 16.4. The summed E-state index contributed by atoms with van der Waals surface area (Å²) in [4.78, 5) is 26.9. The summed E-state index contributed by atoms with van der Waals surface area (Å²) in [5.74, 6) is -1.45. The van der Waals surface area contributed by atoms with Gasteiger partial charge in [0.15, 0.2) is 0 Å². The van der Waals surface area contributed by atoms with Gasteiger partial charge in [0.05, 0.1) is 6.42 Å². The van der Waals surface area contributed by atoms with Crippen LogP contribution in [0.2, 0.25) is 0 Å². The van der Waals surface area contributed by atoms with Crippen LogP contribution in [0.25, 0.3) is 0 Å². The van der Waals surface area contributed by atoms with Gasteiger partial charge in [-0.05, 0) is 44.0 Å². The van der Waals surface area contributed by atoms with Crippen LogP contribution in [0.4, 0.5) is 8.78 Å². The lowest BCUT2D eigenvalue weighted by Gasteiger charge is -2.30. The van der Waals surface area contributed by atoms with Crippen LogP contribution in [0.15, 0.2) is 48.5 Å². The molecule has 0 spiro atoms. The van der Waals surface area contributed by atoms with E-state index in [0.717, 1.165) is 6.42 Å². The Balaban J connectivity index is 2.23. The fourth-order valence-corrected chi connectivity index (χ4v) is 2.74. The largest absolute Gasteiger partial charge is 0.352 e. The van der Waals surface area contributed by atoms with Crippen molar-refractivity contribution in [3.05, 3.63) is 71.3 Å². The molecule has 0 bridgehead atoms. The first kappa shape index (κ1) is 21.5. The molecule has 150 valence electrons. The fraction of sp³-hybridized carbons (Fsp3) is 0.364. The van der Waals surface area contributed by atoms with Crippen LogP contribution in [-0.4, -0.2) is 28.8 Å². The number of amides is 2. The third-order valence-corrected chi connectivity index (χ3v) is 4.74. The maximum Gasteiger partial charge on any atom is 0.242 e. The smallest absolute Gasteiger partial charge is 0.242 e. The van der Waals surface area contributed by atoms with Crippen LogP contribution in [0.1, 0.15) is 38.3 Å². The molecule has 0 saturated heterocycles. The number of carbonyl (C=O) groups excluding carboxylic acids is 2. The number of hydrogen-bond donors (Lipinski definition) is 1. The minimum Gasteiger partial charge on any atom is -0.352 e. The number of rotatable bonds is 8. The normalized spacial score (nSPS) is 12.9. The van der Waals surface area contributed by atoms with E-state index in [1.165, 1.54) is 35.2 Å². The average molecular weight is 388 g/mol. The molecule has 0 heterocycles. The SMILES string of the molecule is CC[C@H](C)NC(=O)[C@H](C)N(Cc1ccccc1F)C(=O)Cc1ccc(F)cc1. The molecular formula is C22H26F2N2O2. The van der Waals surface area contributed by atoms with Gasteiger partial charge in [0, 0.05) is 18.2 Å². The van der Waals surface area contributed by atoms with Crippen molar-refractivity contribution in [2.45, 2.75) is 52.2 Å². The van der Waals surface area contributed by atoms with Crippen molar-refractivity contribution in [1.29, 1.82) is 0 Å². The second-order valence-corrected chi connectivity index (χ2v) is 6.91. The highest BCUT2D eigenvalue weighted by Crippen LogP contribution is 2.15. The standard InChI is InChI=1S/C22H26F2N2O2/c1-4-15(2)25-22(28)16(3)26(14-18-7-5-6-8-20(18)24)21(27)13-17-9-11-19(23)12-10-17/h5-12,15-16H,4,13-14H2,1-3H3,(H,25,28)/t15-,16-/m0/s1. The first-order valence-electron chi connectivity index (χ1n) is 9.39. The Morgan fingerprint density at radius 2 is 1.68 bits per heavy atom. The minimum absolute atomic E-state index is 0.00428. The summed E-state index contributed by atoms with van der Waals surface area (Å²) in [5, 5.41) is 2.86. The van der Waals surface area contributed by atoms with Crippen LogP contribution in [0.5, 0.6) is 0 Å². The fourth-order valence-electron chi connectivity index (χ4n) is 2.74. The molecule has 0 aromatic heterocycles. The van der Waals surface area contributed by atoms with Gasteiger partial charge in [0.1, 0.15) is 17.7 Å². The van der Waals surface area contributed by atoms with Crippen molar-refractivity contribution in [2.24, 2.45) is 0 Å². The van der Waals surface area contributed by atoms with E-state index in [2.05, 4.69) is 5.32 Å². The third kappa shape index (κ3) is 5.87. The predicted octanol–water partition coefficient (Wildman–Crippen LogP) is 3.84. The van der Waals surface area contributed by atoms with Crippen molar-refractivity contribution in [1.82, 2.24) is 10.2 Å². The molecule has 2 rings (SSSR count). The average Bonchev–Trinajstić information content (AvgIpc) is 2.68. The molecule has 6 heteroatoms. The van der Waals surface area contributed by atoms with E-state index in [1.54, 1.807) is 25.1 Å². The van der Waals surface area contributed by atoms with Crippen LogP contribution in [0, 0.1) is 11.6 Å². The van der Waals surface area contributed by atoms with Crippen LogP contribution < -0.4 is 5.32 Å². The zero-order chi connectivity index (χ0) is 20.7. The molecule has 4 nitrogen and oxygen atoms in total. The van der Waals surface area contributed by atoms with E-state index in [9.17, 15) is 18.4 Å². The lowest BCUT2D eigenvalue weighted by molar-refractivity contribution is -0.140. The quantitative estimate of drug-likeness (QED) is 0.747. The Labute approximate surface area is 164 Å². The molecule has 0 aliphatic carbocycles. The molecule has 2 atom stereocenters. The molecule has 0 unspecified atom stereocenters. The number of benzene rings is 2. The molecule has 0 aliphatic rings. The van der Waals surface area contributed by atoms with Gasteiger partial charge in [0.2, 0.25) is 11.8 Å². The summed E-state index contributed by atoms with van der Waals surface area (Å²) in [7, 11) is 0. The number of carbonyl (C=O) groups is 2. The van der Waals surface area contributed by atoms with Crippen molar-refractivity contribution < 1.29 is 18.4 Å². The van der Waals surface area contributed by atoms with E-state index in [1.807, 2.05) is 13.8 Å². The van der Waals surface area contributed by atoms with Gasteiger partial charge in [-0.15, -0.1) is 0 Å². The second kappa shape index (κ2) is 9.97. The molecule has 0 radical (unpaired) electrons. The first-order valence-corrected chi connectivity index (χ1v) is 9.39. The summed E-state index contributed by atoms with van der Waals surface area (Å²) in [6, 6.07) is 11.0. The third-order valence-electron chi connectivity index (χ3n) is 4.74. The number of halogens is 2. The molecule has 28 heavy (non-hydrogen) atoms. The summed E-state index contributed by atoms with van der Waals surface area (Å²) in [5.41, 5.74) is 0.956. The molecule has 2 amide bonds. The van der Waals surface area contributed by atoms with Gasteiger partial charge in [-0.25, -0.2) is 8.78 Å². The number of nitrogens with zero attached hydrogens (tertiary/aromatic N) is 1. The van der Waals surface area contributed by atoms with E-state index in [-0.39, 0.29) is 36.6 Å². The van der Waals surface area contributed by atoms with E-state index in [4.69, 9.17) is 0 Å². The molecule has 0 aliphatic heterocycles. The monoisotopic (exact) mass is 388 g/mol. The lowest BCUT2D eigenvalue weighted by atomic mass is 10.1. The second-order valence-electron chi connectivity index (χ2n) is 6.91. The Morgan fingerprint density at radius 1 is 1.04 bits per heavy atom. The molecule has 2 aromatic carbocycles. The molecule has 1 N–H and O–H groups in total. The minimum atomic E-state index is -0.776. The van der Waals surface area contributed by atoms with E-state index in [0.29, 0.717) is 11.1 Å². The van der Waals surface area contributed by atoms with E-state index < -0.39 is 11.9 Å². The topological polar surface area (TPSA) is 49.4 Å². The predicted molar refractivity (Wildman–Crippen MR) is 104 cm³/mol. The van der Waals surface area contributed by atoms with Crippen LogP contribution in [0.3, 0.4) is 0 Å². The van der Waals surface area contributed by atoms with Gasteiger partial charge < -0.3 is 10.2 Å². The maximum absolute atomic E-state index is 14.1. The molecule has 2 aromatic rings. The Kier molecular flexibility index (Phi) is 7.67. The van der Waals surface area contributed by atoms with Crippen molar-refractivity contribution in [3.63, 3.8) is 0 Å². The van der Waals surface area contributed by atoms with Crippen molar-refractivity contribution in [2.75, 3.05) is 0 Å². The van der Waals surface area contributed by atoms with Gasteiger partial charge in [-0.3, -0.25) is 9.59 Å². The molecule has 0 saturated carbocycles. The lowest BCUT2D eigenvalue weighted by Crippen LogP contribution is -2.50. The first-order chi connectivity index (χ1) is 13.3. The highest BCUT2D eigenvalue weighted by Gasteiger charge is 2.27. The van der Waals surface area contributed by atoms with E-state index >= 15 is 0 Å². The Hall–Kier alpha value is -2.76. The van der Waals surface area contributed by atoms with Gasteiger partial charge in [-0.1, -0.05) is 37.3 Å². The Bertz CT molecular complexity index is 808. The summed E-state index contributed by atoms with van der Waals surface area (Å²) in [6.45, 7) is 5.43. The highest BCUT2D eigenvalue weighted by atomic mass is 19.1. The summed E-state index contributed by atoms with van der Waals surface area (Å²) < 4.78 is 27.2. The Morgan fingerprint density at radius 3 is 2.29 bits per heavy atom. The van der Waals surface area contributed by atoms with Crippen molar-refractivity contribution in [3.8, 4) is 0 Å².